The molecule has 0 fully saturated rings. The molecule has 0 radical (unpaired) electrons. The van der Waals surface area contributed by atoms with Crippen LogP contribution < -0.4 is 0 Å². The molecule has 0 saturated carbocycles. The second-order valence-corrected chi connectivity index (χ2v) is 3.56. The molecule has 0 amide bonds. The molecular weight excluding hydrogens is 187 g/mol. The average Bonchev–Trinajstić information content (AvgIpc) is 2.25. The molecule has 2 rings (SSSR count). The summed E-state index contributed by atoms with van der Waals surface area (Å²) in [5, 5.41) is 2.03. The molecule has 2 aromatic carbocycles. The maximum absolute atomic E-state index is 13.0. The monoisotopic (exact) mass is 200 g/mol. The van der Waals surface area contributed by atoms with Gasteiger partial charge in [0, 0.05) is 0 Å². The third-order valence-electron chi connectivity index (χ3n) is 2.37. The van der Waals surface area contributed by atoms with Gasteiger partial charge in [-0.1, -0.05) is 37.3 Å². The van der Waals surface area contributed by atoms with Crippen LogP contribution in [0.5, 0.6) is 0 Å². The van der Waals surface area contributed by atoms with Gasteiger partial charge in [0.1, 0.15) is 5.82 Å². The van der Waals surface area contributed by atoms with Gasteiger partial charge in [-0.2, -0.15) is 0 Å². The Balaban J connectivity index is 2.49. The van der Waals surface area contributed by atoms with Crippen LogP contribution in [0.4, 0.5) is 4.39 Å². The zero-order valence-corrected chi connectivity index (χ0v) is 8.70. The lowest BCUT2D eigenvalue weighted by molar-refractivity contribution is 0.630. The molecule has 0 spiro atoms. The average molecular weight is 200 g/mol. The predicted molar refractivity (Wildman–Crippen MR) is 63.2 cm³/mol. The van der Waals surface area contributed by atoms with Crippen molar-refractivity contribution in [1.29, 1.82) is 0 Å². The smallest absolute Gasteiger partial charge is 0.123 e. The quantitative estimate of drug-likeness (QED) is 0.674. The van der Waals surface area contributed by atoms with Crippen molar-refractivity contribution in [2.75, 3.05) is 0 Å². The van der Waals surface area contributed by atoms with E-state index in [2.05, 4.69) is 19.1 Å². The fourth-order valence-corrected chi connectivity index (χ4v) is 1.59. The van der Waals surface area contributed by atoms with Gasteiger partial charge in [0.25, 0.3) is 0 Å². The summed E-state index contributed by atoms with van der Waals surface area (Å²) in [5.41, 5.74) is 1.12. The number of hydrogen-bond acceptors (Lipinski definition) is 0. The highest BCUT2D eigenvalue weighted by atomic mass is 19.1. The van der Waals surface area contributed by atoms with Crippen LogP contribution in [-0.2, 0) is 0 Å². The molecule has 0 aliphatic heterocycles. The van der Waals surface area contributed by atoms with Crippen LogP contribution in [0, 0.1) is 5.82 Å². The molecule has 0 atom stereocenters. The maximum atomic E-state index is 13.0. The molecule has 0 N–H and O–H groups in total. The molecule has 0 bridgehead atoms. The lowest BCUT2D eigenvalue weighted by Crippen LogP contribution is -1.78. The first-order valence-electron chi connectivity index (χ1n) is 5.15. The summed E-state index contributed by atoms with van der Waals surface area (Å²) in [7, 11) is 0. The Hall–Kier alpha value is -1.63. The molecular formula is C14H13F. The minimum atomic E-state index is -0.181. The molecule has 0 unspecified atom stereocenters. The van der Waals surface area contributed by atoms with Crippen LogP contribution in [0.1, 0.15) is 18.9 Å². The molecule has 0 heterocycles. The second-order valence-electron chi connectivity index (χ2n) is 3.56. The van der Waals surface area contributed by atoms with E-state index in [1.807, 2.05) is 18.2 Å². The van der Waals surface area contributed by atoms with Gasteiger partial charge in [0.05, 0.1) is 0 Å². The standard InChI is InChI=1S/C14H13F/c1-2-3-4-11-5-6-12-7-8-14(15)10-13(12)9-11/h3-10H,2H2,1H3/b4-3+. The highest BCUT2D eigenvalue weighted by molar-refractivity contribution is 5.84. The van der Waals surface area contributed by atoms with Gasteiger partial charge >= 0.3 is 0 Å². The number of fused-ring (bicyclic) bond motifs is 1. The van der Waals surface area contributed by atoms with Crippen LogP contribution in [0.3, 0.4) is 0 Å². The van der Waals surface area contributed by atoms with Crippen LogP contribution >= 0.6 is 0 Å². The van der Waals surface area contributed by atoms with Gasteiger partial charge in [-0.25, -0.2) is 4.39 Å². The fourth-order valence-electron chi connectivity index (χ4n) is 1.59. The molecule has 0 aliphatic carbocycles. The van der Waals surface area contributed by atoms with E-state index in [0.29, 0.717) is 0 Å². The number of halogens is 1. The van der Waals surface area contributed by atoms with Gasteiger partial charge in [-0.15, -0.1) is 0 Å². The summed E-state index contributed by atoms with van der Waals surface area (Å²) >= 11 is 0. The zero-order valence-electron chi connectivity index (χ0n) is 8.70. The first kappa shape index (κ1) is 9.91. The van der Waals surface area contributed by atoms with Crippen LogP contribution in [-0.4, -0.2) is 0 Å². The van der Waals surface area contributed by atoms with E-state index < -0.39 is 0 Å². The van der Waals surface area contributed by atoms with Crippen molar-refractivity contribution in [2.45, 2.75) is 13.3 Å². The Kier molecular flexibility index (Phi) is 2.82. The summed E-state index contributed by atoms with van der Waals surface area (Å²) in [6, 6.07) is 10.9. The zero-order chi connectivity index (χ0) is 10.7. The Morgan fingerprint density at radius 1 is 1.07 bits per heavy atom. The molecule has 15 heavy (non-hydrogen) atoms. The number of allylic oxidation sites excluding steroid dienone is 1. The van der Waals surface area contributed by atoms with E-state index >= 15 is 0 Å². The maximum Gasteiger partial charge on any atom is 0.123 e. The van der Waals surface area contributed by atoms with Crippen molar-refractivity contribution in [3.8, 4) is 0 Å². The van der Waals surface area contributed by atoms with Gasteiger partial charge in [-0.05, 0) is 41.0 Å². The number of hydrogen-bond donors (Lipinski definition) is 0. The largest absolute Gasteiger partial charge is 0.207 e. The minimum absolute atomic E-state index is 0.181. The predicted octanol–water partition coefficient (Wildman–Crippen LogP) is 4.40. The Morgan fingerprint density at radius 3 is 2.67 bits per heavy atom. The molecule has 0 aliphatic rings. The van der Waals surface area contributed by atoms with Crippen molar-refractivity contribution in [3.63, 3.8) is 0 Å². The summed E-state index contributed by atoms with van der Waals surface area (Å²) in [6.07, 6.45) is 5.17. The molecule has 0 nitrogen and oxygen atoms in total. The van der Waals surface area contributed by atoms with E-state index in [1.165, 1.54) is 6.07 Å². The molecule has 0 aromatic heterocycles. The van der Waals surface area contributed by atoms with Gasteiger partial charge in [0.15, 0.2) is 0 Å². The highest BCUT2D eigenvalue weighted by Gasteiger charge is 1.96. The SMILES string of the molecule is CC/C=C/c1ccc2ccc(F)cc2c1. The van der Waals surface area contributed by atoms with Gasteiger partial charge in [0.2, 0.25) is 0 Å². The first-order chi connectivity index (χ1) is 7.29. The van der Waals surface area contributed by atoms with Crippen LogP contribution in [0.2, 0.25) is 0 Å². The van der Waals surface area contributed by atoms with Crippen molar-refractivity contribution in [1.82, 2.24) is 0 Å². The van der Waals surface area contributed by atoms with Crippen LogP contribution in [0.25, 0.3) is 16.8 Å². The Morgan fingerprint density at radius 2 is 1.87 bits per heavy atom. The van der Waals surface area contributed by atoms with E-state index in [1.54, 1.807) is 12.1 Å². The summed E-state index contributed by atoms with van der Waals surface area (Å²) in [4.78, 5) is 0. The molecule has 76 valence electrons. The lowest BCUT2D eigenvalue weighted by atomic mass is 10.1. The first-order valence-corrected chi connectivity index (χ1v) is 5.15. The van der Waals surface area contributed by atoms with E-state index in [4.69, 9.17) is 0 Å². The Labute approximate surface area is 89.0 Å². The van der Waals surface area contributed by atoms with Gasteiger partial charge < -0.3 is 0 Å². The summed E-state index contributed by atoms with van der Waals surface area (Å²) in [5.74, 6) is -0.181. The van der Waals surface area contributed by atoms with Crippen molar-refractivity contribution < 1.29 is 4.39 Å². The number of benzene rings is 2. The molecule has 0 saturated heterocycles. The summed E-state index contributed by atoms with van der Waals surface area (Å²) < 4.78 is 13.0. The Bertz CT molecular complexity index is 498. The van der Waals surface area contributed by atoms with Crippen molar-refractivity contribution >= 4 is 16.8 Å². The number of rotatable bonds is 2. The normalized spacial score (nSPS) is 11.3. The van der Waals surface area contributed by atoms with E-state index in [9.17, 15) is 4.39 Å². The molecule has 1 heteroatoms. The topological polar surface area (TPSA) is 0 Å². The molecule has 2 aromatic rings. The van der Waals surface area contributed by atoms with E-state index in [0.717, 1.165) is 22.8 Å². The lowest BCUT2D eigenvalue weighted by Gasteiger charge is -1.99. The highest BCUT2D eigenvalue weighted by Crippen LogP contribution is 2.18. The second kappa shape index (κ2) is 4.26. The fraction of sp³-hybridized carbons (Fsp3) is 0.143. The minimum Gasteiger partial charge on any atom is -0.207 e. The van der Waals surface area contributed by atoms with Gasteiger partial charge in [-0.3, -0.25) is 0 Å². The van der Waals surface area contributed by atoms with Crippen LogP contribution in [0.15, 0.2) is 42.5 Å². The van der Waals surface area contributed by atoms with E-state index in [-0.39, 0.29) is 5.82 Å². The van der Waals surface area contributed by atoms with Crippen molar-refractivity contribution in [2.24, 2.45) is 0 Å². The third-order valence-corrected chi connectivity index (χ3v) is 2.37. The third kappa shape index (κ3) is 2.24. The summed E-state index contributed by atoms with van der Waals surface area (Å²) in [6.45, 7) is 2.09. The van der Waals surface area contributed by atoms with Crippen molar-refractivity contribution in [3.05, 3.63) is 53.9 Å².